The van der Waals surface area contributed by atoms with Gasteiger partial charge in [-0.25, -0.2) is 9.13 Å². The van der Waals surface area contributed by atoms with Crippen LogP contribution < -0.4 is 0 Å². The van der Waals surface area contributed by atoms with Crippen molar-refractivity contribution < 1.29 is 80.2 Å². The van der Waals surface area contributed by atoms with Gasteiger partial charge in [0.15, 0.2) is 12.2 Å². The van der Waals surface area contributed by atoms with Gasteiger partial charge in [0.2, 0.25) is 0 Å². The molecular formula is C68H132O17P2. The number of esters is 4. The Labute approximate surface area is 530 Å². The average Bonchev–Trinajstić information content (AvgIpc) is 3.61. The second-order valence-corrected chi connectivity index (χ2v) is 28.7. The van der Waals surface area contributed by atoms with Gasteiger partial charge in [-0.3, -0.25) is 37.3 Å². The van der Waals surface area contributed by atoms with Crippen LogP contribution in [0.15, 0.2) is 0 Å². The van der Waals surface area contributed by atoms with E-state index in [9.17, 15) is 43.2 Å². The number of phosphoric ester groups is 2. The molecule has 0 aromatic heterocycles. The second-order valence-electron chi connectivity index (χ2n) is 25.8. The molecule has 0 bridgehead atoms. The van der Waals surface area contributed by atoms with Gasteiger partial charge in [-0.2, -0.15) is 0 Å². The number of aliphatic hydroxyl groups excluding tert-OH is 1. The van der Waals surface area contributed by atoms with Crippen LogP contribution in [0.4, 0.5) is 0 Å². The quantitative estimate of drug-likeness (QED) is 0.0222. The van der Waals surface area contributed by atoms with Gasteiger partial charge in [0, 0.05) is 25.7 Å². The number of hydrogen-bond donors (Lipinski definition) is 3. The fourth-order valence-electron chi connectivity index (χ4n) is 10.2. The van der Waals surface area contributed by atoms with E-state index >= 15 is 0 Å². The summed E-state index contributed by atoms with van der Waals surface area (Å²) in [6.45, 7) is 11.8. The molecule has 0 spiro atoms. The molecular weight excluding hydrogens is 1150 g/mol. The molecule has 0 radical (unpaired) electrons. The number of ether oxygens (including phenoxy) is 4. The summed E-state index contributed by atoms with van der Waals surface area (Å²) in [5.41, 5.74) is 0. The number of aliphatic hydroxyl groups is 1. The van der Waals surface area contributed by atoms with Crippen LogP contribution in [0.5, 0.6) is 0 Å². The maximum atomic E-state index is 13.0. The van der Waals surface area contributed by atoms with Crippen molar-refractivity contribution in [1.29, 1.82) is 0 Å². The van der Waals surface area contributed by atoms with Gasteiger partial charge < -0.3 is 33.8 Å². The molecule has 17 nitrogen and oxygen atoms in total. The normalized spacial score (nSPS) is 14.6. The molecule has 0 aromatic carbocycles. The van der Waals surface area contributed by atoms with E-state index in [0.717, 1.165) is 102 Å². The zero-order valence-corrected chi connectivity index (χ0v) is 58.3. The van der Waals surface area contributed by atoms with Gasteiger partial charge in [0.25, 0.3) is 0 Å². The molecule has 0 saturated heterocycles. The number of carbonyl (C=O) groups excluding carboxylic acids is 4. The van der Waals surface area contributed by atoms with E-state index in [1.165, 1.54) is 148 Å². The zero-order chi connectivity index (χ0) is 64.5. The minimum absolute atomic E-state index is 0.102. The first-order valence-corrected chi connectivity index (χ1v) is 38.4. The first kappa shape index (κ1) is 85.1. The number of phosphoric acid groups is 2. The fourth-order valence-corrected chi connectivity index (χ4v) is 11.7. The highest BCUT2D eigenvalue weighted by Gasteiger charge is 2.30. The number of carbonyl (C=O) groups is 4. The molecule has 19 heteroatoms. The summed E-state index contributed by atoms with van der Waals surface area (Å²) in [5, 5.41) is 10.6. The van der Waals surface area contributed by atoms with E-state index in [0.29, 0.717) is 31.6 Å². The summed E-state index contributed by atoms with van der Waals surface area (Å²) >= 11 is 0. The Balaban J connectivity index is 5.23. The zero-order valence-electron chi connectivity index (χ0n) is 56.5. The third-order valence-corrected chi connectivity index (χ3v) is 17.9. The summed E-state index contributed by atoms with van der Waals surface area (Å²) < 4.78 is 68.1. The molecule has 0 saturated carbocycles. The Kier molecular flexibility index (Phi) is 57.8. The van der Waals surface area contributed by atoms with Crippen molar-refractivity contribution in [1.82, 2.24) is 0 Å². The van der Waals surface area contributed by atoms with Crippen LogP contribution in [-0.2, 0) is 65.4 Å². The van der Waals surface area contributed by atoms with Crippen molar-refractivity contribution in [3.05, 3.63) is 0 Å². The van der Waals surface area contributed by atoms with Crippen LogP contribution in [0.2, 0.25) is 0 Å². The van der Waals surface area contributed by atoms with E-state index in [1.54, 1.807) is 0 Å². The predicted octanol–water partition coefficient (Wildman–Crippen LogP) is 19.1. The van der Waals surface area contributed by atoms with Crippen molar-refractivity contribution in [2.24, 2.45) is 17.8 Å². The average molecular weight is 1280 g/mol. The maximum Gasteiger partial charge on any atom is 0.472 e. The molecule has 3 N–H and O–H groups in total. The van der Waals surface area contributed by atoms with Gasteiger partial charge in [-0.15, -0.1) is 0 Å². The molecule has 6 atom stereocenters. The Bertz CT molecular complexity index is 1720. The summed E-state index contributed by atoms with van der Waals surface area (Å²) in [6.07, 6.45) is 41.8. The van der Waals surface area contributed by atoms with Gasteiger partial charge in [-0.1, -0.05) is 286 Å². The lowest BCUT2D eigenvalue weighted by Gasteiger charge is -2.21. The lowest BCUT2D eigenvalue weighted by molar-refractivity contribution is -0.161. The molecule has 0 heterocycles. The van der Waals surface area contributed by atoms with Crippen LogP contribution >= 0.6 is 15.6 Å². The van der Waals surface area contributed by atoms with E-state index in [-0.39, 0.29) is 25.7 Å². The van der Waals surface area contributed by atoms with Crippen LogP contribution in [0, 0.1) is 17.8 Å². The predicted molar refractivity (Wildman–Crippen MR) is 349 cm³/mol. The third-order valence-electron chi connectivity index (χ3n) is 16.0. The number of rotatable bonds is 66. The second kappa shape index (κ2) is 59.1. The lowest BCUT2D eigenvalue weighted by atomic mass is 9.99. The standard InChI is InChI=1S/C68H132O17P2/c1-8-10-11-12-13-20-27-35-42-49-65(70)78-56-64(85-68(73)52-45-38-31-30-33-40-47-60(5)6)58-83-87(76,77)81-54-62(69)53-80-86(74,75)82-57-63(55-79-66(71)50-43-36-28-23-19-18-22-26-34-41-48-61(7)9-2)84-67(72)51-44-37-29-24-17-15-14-16-21-25-32-39-46-59(3)4/h59-64,69H,8-58H2,1-7H3,(H,74,75)(H,76,77)/t61?,62-,63-,64-/m1/s1. The van der Waals surface area contributed by atoms with Crippen molar-refractivity contribution in [2.45, 2.75) is 356 Å². The highest BCUT2D eigenvalue weighted by Crippen LogP contribution is 2.45. The molecule has 0 aliphatic rings. The Morgan fingerprint density at radius 1 is 0.333 bits per heavy atom. The summed E-state index contributed by atoms with van der Waals surface area (Å²) in [6, 6.07) is 0. The van der Waals surface area contributed by atoms with Gasteiger partial charge in [0.05, 0.1) is 26.4 Å². The van der Waals surface area contributed by atoms with Gasteiger partial charge in [0.1, 0.15) is 19.3 Å². The highest BCUT2D eigenvalue weighted by atomic mass is 31.2. The molecule has 0 aliphatic carbocycles. The van der Waals surface area contributed by atoms with Crippen molar-refractivity contribution in [3.8, 4) is 0 Å². The van der Waals surface area contributed by atoms with Gasteiger partial charge in [-0.05, 0) is 43.4 Å². The Morgan fingerprint density at radius 3 is 0.874 bits per heavy atom. The highest BCUT2D eigenvalue weighted by molar-refractivity contribution is 7.47. The van der Waals surface area contributed by atoms with Crippen LogP contribution in [-0.4, -0.2) is 96.7 Å². The lowest BCUT2D eigenvalue weighted by Crippen LogP contribution is -2.30. The van der Waals surface area contributed by atoms with Crippen LogP contribution in [0.25, 0.3) is 0 Å². The Morgan fingerprint density at radius 2 is 0.586 bits per heavy atom. The molecule has 0 rings (SSSR count). The minimum Gasteiger partial charge on any atom is -0.462 e. The van der Waals surface area contributed by atoms with E-state index in [1.807, 2.05) is 0 Å². The molecule has 3 unspecified atom stereocenters. The summed E-state index contributed by atoms with van der Waals surface area (Å²) in [5.74, 6) is 0.122. The monoisotopic (exact) mass is 1280 g/mol. The first-order chi connectivity index (χ1) is 41.8. The molecule has 0 amide bonds. The van der Waals surface area contributed by atoms with Crippen LogP contribution in [0.3, 0.4) is 0 Å². The smallest absolute Gasteiger partial charge is 0.462 e. The van der Waals surface area contributed by atoms with Crippen molar-refractivity contribution >= 4 is 39.5 Å². The summed E-state index contributed by atoms with van der Waals surface area (Å²) in [4.78, 5) is 72.4. The number of unbranched alkanes of at least 4 members (excludes halogenated alkanes) is 33. The first-order valence-electron chi connectivity index (χ1n) is 35.4. The van der Waals surface area contributed by atoms with Crippen molar-refractivity contribution in [3.63, 3.8) is 0 Å². The molecule has 0 aromatic rings. The van der Waals surface area contributed by atoms with E-state index < -0.39 is 97.5 Å². The topological polar surface area (TPSA) is 237 Å². The maximum absolute atomic E-state index is 13.0. The molecule has 87 heavy (non-hydrogen) atoms. The van der Waals surface area contributed by atoms with E-state index in [2.05, 4.69) is 48.5 Å². The van der Waals surface area contributed by atoms with Crippen LogP contribution in [0.1, 0.15) is 337 Å². The molecule has 0 aliphatic heterocycles. The molecule has 0 fully saturated rings. The van der Waals surface area contributed by atoms with Crippen molar-refractivity contribution in [2.75, 3.05) is 39.6 Å². The number of hydrogen-bond acceptors (Lipinski definition) is 15. The van der Waals surface area contributed by atoms with E-state index in [4.69, 9.17) is 37.0 Å². The SMILES string of the molecule is CCCCCCCCCCCC(=O)OC[C@H](COP(=O)(O)OC[C@H](O)COP(=O)(O)OC[C@@H](COC(=O)CCCCCCCCCCCCC(C)CC)OC(=O)CCCCCCCCCCCCCCC(C)C)OC(=O)CCCCCCCCC(C)C. The third kappa shape index (κ3) is 61.3. The fraction of sp³-hybridized carbons (Fsp3) is 0.941. The molecule has 516 valence electrons. The minimum atomic E-state index is -4.95. The largest absolute Gasteiger partial charge is 0.472 e. The van der Waals surface area contributed by atoms with Gasteiger partial charge >= 0.3 is 39.5 Å². The summed E-state index contributed by atoms with van der Waals surface area (Å²) in [7, 11) is -9.89. The Hall–Kier alpha value is -1.94.